The van der Waals surface area contributed by atoms with E-state index in [0.29, 0.717) is 19.1 Å². The van der Waals surface area contributed by atoms with E-state index in [-0.39, 0.29) is 5.91 Å². The lowest BCUT2D eigenvalue weighted by molar-refractivity contribution is -0.126. The fourth-order valence-electron chi connectivity index (χ4n) is 1.11. The van der Waals surface area contributed by atoms with E-state index in [1.807, 2.05) is 6.92 Å². The summed E-state index contributed by atoms with van der Waals surface area (Å²) in [6.45, 7) is 9.72. The Labute approximate surface area is 92.6 Å². The minimum atomic E-state index is -0.745. The molecule has 0 fully saturated rings. The van der Waals surface area contributed by atoms with Crippen molar-refractivity contribution in [3.8, 4) is 0 Å². The maximum absolute atomic E-state index is 11.3. The summed E-state index contributed by atoms with van der Waals surface area (Å²) in [7, 11) is 0. The van der Waals surface area contributed by atoms with Gasteiger partial charge in [-0.05, 0) is 25.8 Å². The van der Waals surface area contributed by atoms with Gasteiger partial charge < -0.3 is 15.8 Å². The van der Waals surface area contributed by atoms with E-state index >= 15 is 0 Å². The third-order valence-electron chi connectivity index (χ3n) is 2.15. The van der Waals surface area contributed by atoms with Crippen LogP contribution < -0.4 is 11.1 Å². The van der Waals surface area contributed by atoms with Gasteiger partial charge in [0.05, 0.1) is 6.61 Å². The monoisotopic (exact) mass is 216 g/mol. The van der Waals surface area contributed by atoms with Gasteiger partial charge in [0.15, 0.2) is 0 Å². The lowest BCUT2D eigenvalue weighted by Gasteiger charge is -2.27. The molecule has 4 nitrogen and oxygen atoms in total. The van der Waals surface area contributed by atoms with Crippen LogP contribution in [0.3, 0.4) is 0 Å². The molecule has 0 aromatic carbocycles. The van der Waals surface area contributed by atoms with Gasteiger partial charge in [0.2, 0.25) is 5.91 Å². The van der Waals surface area contributed by atoms with Crippen LogP contribution in [0.15, 0.2) is 0 Å². The van der Waals surface area contributed by atoms with Gasteiger partial charge in [-0.25, -0.2) is 0 Å². The summed E-state index contributed by atoms with van der Waals surface area (Å²) in [5.41, 5.74) is 4.60. The molecule has 0 aromatic rings. The quantitative estimate of drug-likeness (QED) is 0.633. The Morgan fingerprint density at radius 3 is 2.53 bits per heavy atom. The van der Waals surface area contributed by atoms with Crippen molar-refractivity contribution in [3.63, 3.8) is 0 Å². The Morgan fingerprint density at radius 2 is 2.13 bits per heavy atom. The molecule has 0 radical (unpaired) electrons. The molecule has 0 heterocycles. The van der Waals surface area contributed by atoms with Crippen molar-refractivity contribution >= 4 is 5.91 Å². The molecule has 0 rings (SSSR count). The van der Waals surface area contributed by atoms with Crippen LogP contribution >= 0.6 is 0 Å². The zero-order chi connectivity index (χ0) is 11.9. The molecule has 0 bridgehead atoms. The number of carbonyl (C=O) groups excluding carboxylic acids is 1. The molecule has 0 saturated carbocycles. The number of amides is 1. The highest BCUT2D eigenvalue weighted by atomic mass is 16.5. The van der Waals surface area contributed by atoms with E-state index in [4.69, 9.17) is 10.5 Å². The average Bonchev–Trinajstić information content (AvgIpc) is 2.14. The highest BCUT2D eigenvalue weighted by Gasteiger charge is 2.30. The van der Waals surface area contributed by atoms with Crippen LogP contribution in [0.4, 0.5) is 0 Å². The molecule has 0 saturated heterocycles. The van der Waals surface area contributed by atoms with Gasteiger partial charge in [0, 0.05) is 6.61 Å². The first-order valence-corrected chi connectivity index (χ1v) is 5.55. The number of hydrogen-bond acceptors (Lipinski definition) is 3. The molecule has 0 aliphatic heterocycles. The van der Waals surface area contributed by atoms with Crippen molar-refractivity contribution in [2.75, 3.05) is 19.8 Å². The average molecular weight is 216 g/mol. The lowest BCUT2D eigenvalue weighted by atomic mass is 10.0. The minimum Gasteiger partial charge on any atom is -0.379 e. The predicted octanol–water partition coefficient (Wildman–Crippen LogP) is 0.903. The van der Waals surface area contributed by atoms with E-state index in [1.165, 1.54) is 0 Å². The van der Waals surface area contributed by atoms with Gasteiger partial charge in [-0.3, -0.25) is 4.79 Å². The van der Waals surface area contributed by atoms with Gasteiger partial charge in [-0.15, -0.1) is 0 Å². The SMILES string of the molecule is CCCNC(C)(COCC(C)C)C(N)=O. The summed E-state index contributed by atoms with van der Waals surface area (Å²) in [5.74, 6) is 0.105. The molecule has 1 unspecified atom stereocenters. The second-order valence-corrected chi connectivity index (χ2v) is 4.53. The largest absolute Gasteiger partial charge is 0.379 e. The molecule has 0 aromatic heterocycles. The predicted molar refractivity (Wildman–Crippen MR) is 61.6 cm³/mol. The van der Waals surface area contributed by atoms with Crippen molar-refractivity contribution in [1.29, 1.82) is 0 Å². The maximum atomic E-state index is 11.3. The zero-order valence-corrected chi connectivity index (χ0v) is 10.3. The Hall–Kier alpha value is -0.610. The van der Waals surface area contributed by atoms with Crippen LogP contribution in [0.25, 0.3) is 0 Å². The van der Waals surface area contributed by atoms with Gasteiger partial charge in [-0.2, -0.15) is 0 Å². The molecule has 0 aliphatic carbocycles. The summed E-state index contributed by atoms with van der Waals surface area (Å²) in [4.78, 5) is 11.3. The number of nitrogens with two attached hydrogens (primary N) is 1. The van der Waals surface area contributed by atoms with Gasteiger partial charge in [0.1, 0.15) is 5.54 Å². The minimum absolute atomic E-state index is 0.334. The van der Waals surface area contributed by atoms with E-state index < -0.39 is 5.54 Å². The first kappa shape index (κ1) is 14.4. The molecule has 1 amide bonds. The van der Waals surface area contributed by atoms with Crippen molar-refractivity contribution < 1.29 is 9.53 Å². The van der Waals surface area contributed by atoms with Crippen LogP contribution in [0, 0.1) is 5.92 Å². The number of hydrogen-bond donors (Lipinski definition) is 2. The molecule has 0 spiro atoms. The van der Waals surface area contributed by atoms with E-state index in [1.54, 1.807) is 6.92 Å². The molecular formula is C11H24N2O2. The van der Waals surface area contributed by atoms with Crippen LogP contribution in [0.5, 0.6) is 0 Å². The Balaban J connectivity index is 4.07. The van der Waals surface area contributed by atoms with Crippen LogP contribution in [-0.4, -0.2) is 31.2 Å². The third kappa shape index (κ3) is 5.74. The highest BCUT2D eigenvalue weighted by molar-refractivity contribution is 5.84. The summed E-state index contributed by atoms with van der Waals surface area (Å²) in [6, 6.07) is 0. The first-order chi connectivity index (χ1) is 6.92. The van der Waals surface area contributed by atoms with Gasteiger partial charge in [-0.1, -0.05) is 20.8 Å². The molecule has 0 aliphatic rings. The molecule has 3 N–H and O–H groups in total. The van der Waals surface area contributed by atoms with Crippen molar-refractivity contribution in [2.45, 2.75) is 39.7 Å². The second-order valence-electron chi connectivity index (χ2n) is 4.53. The molecule has 90 valence electrons. The normalized spacial score (nSPS) is 15.3. The summed E-state index contributed by atoms with van der Waals surface area (Å²) in [6.07, 6.45) is 0.965. The van der Waals surface area contributed by atoms with E-state index in [2.05, 4.69) is 19.2 Å². The van der Waals surface area contributed by atoms with E-state index in [0.717, 1.165) is 13.0 Å². The number of carbonyl (C=O) groups is 1. The Bertz CT molecular complexity index is 195. The molecule has 4 heteroatoms. The van der Waals surface area contributed by atoms with E-state index in [9.17, 15) is 4.79 Å². The summed E-state index contributed by atoms with van der Waals surface area (Å²) >= 11 is 0. The van der Waals surface area contributed by atoms with Crippen molar-refractivity contribution in [1.82, 2.24) is 5.32 Å². The Kier molecular flexibility index (Phi) is 6.52. The Morgan fingerprint density at radius 1 is 1.53 bits per heavy atom. The van der Waals surface area contributed by atoms with Crippen molar-refractivity contribution in [3.05, 3.63) is 0 Å². The highest BCUT2D eigenvalue weighted by Crippen LogP contribution is 2.05. The standard InChI is InChI=1S/C11H24N2O2/c1-5-6-13-11(4,10(12)14)8-15-7-9(2)3/h9,13H,5-8H2,1-4H3,(H2,12,14). The van der Waals surface area contributed by atoms with Crippen LogP contribution in [-0.2, 0) is 9.53 Å². The second kappa shape index (κ2) is 6.80. The number of ether oxygens (including phenoxy) is 1. The summed E-state index contributed by atoms with van der Waals surface area (Å²) in [5, 5.41) is 3.12. The number of nitrogens with one attached hydrogen (secondary N) is 1. The number of primary amides is 1. The zero-order valence-electron chi connectivity index (χ0n) is 10.3. The molecular weight excluding hydrogens is 192 g/mol. The molecule has 15 heavy (non-hydrogen) atoms. The lowest BCUT2D eigenvalue weighted by Crippen LogP contribution is -2.56. The molecule has 1 atom stereocenters. The fourth-order valence-corrected chi connectivity index (χ4v) is 1.11. The third-order valence-corrected chi connectivity index (χ3v) is 2.15. The maximum Gasteiger partial charge on any atom is 0.239 e. The van der Waals surface area contributed by atoms with Gasteiger partial charge >= 0.3 is 0 Å². The topological polar surface area (TPSA) is 64.3 Å². The van der Waals surface area contributed by atoms with Crippen molar-refractivity contribution in [2.24, 2.45) is 11.7 Å². The summed E-state index contributed by atoms with van der Waals surface area (Å²) < 4.78 is 5.46. The smallest absolute Gasteiger partial charge is 0.239 e. The van der Waals surface area contributed by atoms with Crippen LogP contribution in [0.1, 0.15) is 34.1 Å². The first-order valence-electron chi connectivity index (χ1n) is 5.55. The van der Waals surface area contributed by atoms with Gasteiger partial charge in [0.25, 0.3) is 0 Å². The van der Waals surface area contributed by atoms with Crippen LogP contribution in [0.2, 0.25) is 0 Å². The number of rotatable bonds is 8. The fraction of sp³-hybridized carbons (Fsp3) is 0.909.